The largest absolute Gasteiger partial charge is 0.493 e. The van der Waals surface area contributed by atoms with Crippen molar-refractivity contribution in [2.75, 3.05) is 18.5 Å². The summed E-state index contributed by atoms with van der Waals surface area (Å²) >= 11 is 0. The first kappa shape index (κ1) is 12.9. The molecule has 1 aliphatic heterocycles. The fourth-order valence-corrected chi connectivity index (χ4v) is 2.04. The number of nitrogens with one attached hydrogen (secondary N) is 1. The van der Waals surface area contributed by atoms with Gasteiger partial charge in [0.15, 0.2) is 0 Å². The number of anilines is 1. The first-order valence-corrected chi connectivity index (χ1v) is 6.30. The molecule has 0 atom stereocenters. The van der Waals surface area contributed by atoms with Crippen LogP contribution in [0.3, 0.4) is 0 Å². The van der Waals surface area contributed by atoms with Gasteiger partial charge in [0, 0.05) is 17.5 Å². The molecular formula is C14H20N2O2. The molecule has 0 unspecified atom stereocenters. The summed E-state index contributed by atoms with van der Waals surface area (Å²) < 4.78 is 5.44. The van der Waals surface area contributed by atoms with E-state index in [2.05, 4.69) is 5.32 Å². The van der Waals surface area contributed by atoms with E-state index < -0.39 is 5.41 Å². The highest BCUT2D eigenvalue weighted by Crippen LogP contribution is 2.29. The maximum atomic E-state index is 12.1. The summed E-state index contributed by atoms with van der Waals surface area (Å²) in [5.74, 6) is 0.932. The lowest BCUT2D eigenvalue weighted by molar-refractivity contribution is -0.124. The number of ether oxygens (including phenoxy) is 1. The number of amides is 1. The molecule has 2 rings (SSSR count). The summed E-state index contributed by atoms with van der Waals surface area (Å²) in [4.78, 5) is 12.1. The van der Waals surface area contributed by atoms with E-state index in [9.17, 15) is 4.79 Å². The maximum Gasteiger partial charge on any atom is 0.230 e. The van der Waals surface area contributed by atoms with Gasteiger partial charge in [-0.15, -0.1) is 0 Å². The van der Waals surface area contributed by atoms with Crippen molar-refractivity contribution in [3.63, 3.8) is 0 Å². The molecule has 0 bridgehead atoms. The lowest BCUT2D eigenvalue weighted by Crippen LogP contribution is -2.32. The van der Waals surface area contributed by atoms with E-state index in [4.69, 9.17) is 10.5 Å². The fourth-order valence-electron chi connectivity index (χ4n) is 2.04. The van der Waals surface area contributed by atoms with Crippen LogP contribution in [0.5, 0.6) is 5.75 Å². The van der Waals surface area contributed by atoms with Gasteiger partial charge >= 0.3 is 0 Å². The van der Waals surface area contributed by atoms with Crippen LogP contribution in [-0.4, -0.2) is 19.1 Å². The van der Waals surface area contributed by atoms with Gasteiger partial charge in [-0.25, -0.2) is 0 Å². The number of hydrogen-bond acceptors (Lipinski definition) is 3. The van der Waals surface area contributed by atoms with Crippen LogP contribution in [0.1, 0.15) is 25.8 Å². The quantitative estimate of drug-likeness (QED) is 0.855. The molecule has 1 aromatic rings. The Labute approximate surface area is 108 Å². The highest BCUT2D eigenvalue weighted by Gasteiger charge is 2.26. The smallest absolute Gasteiger partial charge is 0.230 e. The lowest BCUT2D eigenvalue weighted by atomic mass is 9.88. The molecule has 0 aromatic heterocycles. The Hall–Kier alpha value is -1.55. The highest BCUT2D eigenvalue weighted by molar-refractivity contribution is 5.95. The zero-order chi connectivity index (χ0) is 13.2. The summed E-state index contributed by atoms with van der Waals surface area (Å²) in [6.45, 7) is 5.06. The van der Waals surface area contributed by atoms with Gasteiger partial charge in [-0.05, 0) is 36.7 Å². The lowest BCUT2D eigenvalue weighted by Gasteiger charge is -2.22. The number of carbonyl (C=O) groups is 1. The van der Waals surface area contributed by atoms with E-state index in [1.165, 1.54) is 0 Å². The van der Waals surface area contributed by atoms with Gasteiger partial charge in [0.2, 0.25) is 5.91 Å². The van der Waals surface area contributed by atoms with E-state index in [0.29, 0.717) is 13.0 Å². The predicted octanol–water partition coefficient (Wildman–Crippen LogP) is 1.93. The second-order valence-electron chi connectivity index (χ2n) is 5.30. The summed E-state index contributed by atoms with van der Waals surface area (Å²) in [5.41, 5.74) is 7.07. The summed E-state index contributed by atoms with van der Waals surface area (Å²) in [5, 5.41) is 2.95. The Bertz CT molecular complexity index is 455. The monoisotopic (exact) mass is 248 g/mol. The Morgan fingerprint density at radius 3 is 3.00 bits per heavy atom. The molecule has 1 aromatic carbocycles. The average molecular weight is 248 g/mol. The summed E-state index contributed by atoms with van der Waals surface area (Å²) in [6, 6.07) is 5.77. The van der Waals surface area contributed by atoms with Crippen molar-refractivity contribution >= 4 is 11.6 Å². The second-order valence-corrected chi connectivity index (χ2v) is 5.30. The topological polar surface area (TPSA) is 64.4 Å². The third kappa shape index (κ3) is 2.64. The van der Waals surface area contributed by atoms with Crippen LogP contribution in [0.15, 0.2) is 18.2 Å². The number of hydrogen-bond donors (Lipinski definition) is 2. The zero-order valence-corrected chi connectivity index (χ0v) is 11.0. The van der Waals surface area contributed by atoms with E-state index in [0.717, 1.165) is 30.0 Å². The van der Waals surface area contributed by atoms with E-state index >= 15 is 0 Å². The number of carbonyl (C=O) groups excluding carboxylic acids is 1. The van der Waals surface area contributed by atoms with Crippen LogP contribution >= 0.6 is 0 Å². The number of nitrogens with two attached hydrogens (primary N) is 1. The molecule has 0 radical (unpaired) electrons. The maximum absolute atomic E-state index is 12.1. The molecule has 1 heterocycles. The van der Waals surface area contributed by atoms with Crippen LogP contribution in [0, 0.1) is 5.41 Å². The molecule has 1 amide bonds. The average Bonchev–Trinajstić information content (AvgIpc) is 2.76. The van der Waals surface area contributed by atoms with Crippen LogP contribution < -0.4 is 15.8 Å². The SMILES string of the molecule is CC(C)(CCN)C(=O)Nc1ccc2c(c1)CCO2. The van der Waals surface area contributed by atoms with Crippen molar-refractivity contribution in [3.05, 3.63) is 23.8 Å². The molecule has 4 heteroatoms. The molecule has 0 saturated heterocycles. The number of fused-ring (bicyclic) bond motifs is 1. The van der Waals surface area contributed by atoms with Crippen LogP contribution in [0.2, 0.25) is 0 Å². The van der Waals surface area contributed by atoms with Crippen LogP contribution in [0.25, 0.3) is 0 Å². The highest BCUT2D eigenvalue weighted by atomic mass is 16.5. The van der Waals surface area contributed by atoms with Gasteiger partial charge in [0.05, 0.1) is 6.61 Å². The first-order valence-electron chi connectivity index (χ1n) is 6.30. The zero-order valence-electron chi connectivity index (χ0n) is 11.0. The minimum absolute atomic E-state index is 0.00631. The minimum atomic E-state index is -0.440. The Balaban J connectivity index is 2.08. The van der Waals surface area contributed by atoms with Gasteiger partial charge in [0.25, 0.3) is 0 Å². The van der Waals surface area contributed by atoms with Crippen LogP contribution in [0.4, 0.5) is 5.69 Å². The van der Waals surface area contributed by atoms with Crippen molar-refractivity contribution in [2.24, 2.45) is 11.1 Å². The van der Waals surface area contributed by atoms with Crippen LogP contribution in [-0.2, 0) is 11.2 Å². The molecule has 0 aliphatic carbocycles. The van der Waals surface area contributed by atoms with Gasteiger partial charge in [0.1, 0.15) is 5.75 Å². The van der Waals surface area contributed by atoms with Gasteiger partial charge in [-0.3, -0.25) is 4.79 Å². The third-order valence-corrected chi connectivity index (χ3v) is 3.33. The van der Waals surface area contributed by atoms with E-state index in [1.54, 1.807) is 0 Å². The molecule has 98 valence electrons. The summed E-state index contributed by atoms with van der Waals surface area (Å²) in [6.07, 6.45) is 1.58. The molecule has 4 nitrogen and oxygen atoms in total. The summed E-state index contributed by atoms with van der Waals surface area (Å²) in [7, 11) is 0. The standard InChI is InChI=1S/C14H20N2O2/c1-14(2,6-7-15)13(17)16-11-3-4-12-10(9-11)5-8-18-12/h3-4,9H,5-8,15H2,1-2H3,(H,16,17). The van der Waals surface area contributed by atoms with Crippen molar-refractivity contribution < 1.29 is 9.53 Å². The van der Waals surface area contributed by atoms with Gasteiger partial charge in [-0.2, -0.15) is 0 Å². The van der Waals surface area contributed by atoms with Crippen molar-refractivity contribution in [1.29, 1.82) is 0 Å². The first-order chi connectivity index (χ1) is 8.53. The molecule has 3 N–H and O–H groups in total. The van der Waals surface area contributed by atoms with E-state index in [-0.39, 0.29) is 5.91 Å². The Morgan fingerprint density at radius 1 is 1.50 bits per heavy atom. The van der Waals surface area contributed by atoms with Crippen molar-refractivity contribution in [1.82, 2.24) is 0 Å². The van der Waals surface area contributed by atoms with E-state index in [1.807, 2.05) is 32.0 Å². The fraction of sp³-hybridized carbons (Fsp3) is 0.500. The predicted molar refractivity (Wildman–Crippen MR) is 71.7 cm³/mol. The molecule has 18 heavy (non-hydrogen) atoms. The van der Waals surface area contributed by atoms with Gasteiger partial charge in [-0.1, -0.05) is 13.8 Å². The molecule has 0 fully saturated rings. The van der Waals surface area contributed by atoms with Crippen molar-refractivity contribution in [3.8, 4) is 5.75 Å². The minimum Gasteiger partial charge on any atom is -0.493 e. The third-order valence-electron chi connectivity index (χ3n) is 3.33. The normalized spacial score (nSPS) is 13.9. The number of benzene rings is 1. The molecule has 0 saturated carbocycles. The number of rotatable bonds is 4. The van der Waals surface area contributed by atoms with Crippen molar-refractivity contribution in [2.45, 2.75) is 26.7 Å². The Morgan fingerprint density at radius 2 is 2.28 bits per heavy atom. The second kappa shape index (κ2) is 4.98. The molecule has 1 aliphatic rings. The van der Waals surface area contributed by atoms with Gasteiger partial charge < -0.3 is 15.8 Å². The Kier molecular flexibility index (Phi) is 3.57. The molecule has 0 spiro atoms. The molecular weight excluding hydrogens is 228 g/mol.